The molecule has 3 atom stereocenters. The molecule has 3 aliphatic rings. The van der Waals surface area contributed by atoms with E-state index >= 15 is 0 Å². The van der Waals surface area contributed by atoms with Crippen molar-refractivity contribution in [3.63, 3.8) is 0 Å². The lowest BCUT2D eigenvalue weighted by Gasteiger charge is -2.37. The molecule has 2 aliphatic carbocycles. The molecule has 0 radical (unpaired) electrons. The number of hydrogen-bond donors (Lipinski definition) is 2. The Morgan fingerprint density at radius 2 is 2.00 bits per heavy atom. The third-order valence-corrected chi connectivity index (χ3v) is 6.53. The topological polar surface area (TPSA) is 41.1 Å². The molecule has 2 saturated carbocycles. The Kier molecular flexibility index (Phi) is 5.43. The lowest BCUT2D eigenvalue weighted by atomic mass is 9.68. The Morgan fingerprint density at radius 3 is 2.54 bits per heavy atom. The number of carbonyl (C=O) groups excluding carboxylic acids is 1. The first kappa shape index (κ1) is 18.0. The second kappa shape index (κ2) is 7.23. The van der Waals surface area contributed by atoms with Gasteiger partial charge in [-0.25, -0.2) is 0 Å². The smallest absolute Gasteiger partial charge is 0.226 e. The molecule has 0 spiro atoms. The van der Waals surface area contributed by atoms with E-state index in [1.54, 1.807) is 0 Å². The van der Waals surface area contributed by atoms with Crippen molar-refractivity contribution in [3.8, 4) is 0 Å². The predicted octanol–water partition coefficient (Wildman–Crippen LogP) is 3.45. The van der Waals surface area contributed by atoms with Crippen LogP contribution < -0.4 is 10.6 Å². The Morgan fingerprint density at radius 1 is 1.25 bits per heavy atom. The fourth-order valence-corrected chi connectivity index (χ4v) is 5.02. The number of fused-ring (bicyclic) bond motifs is 2. The van der Waals surface area contributed by atoms with Gasteiger partial charge < -0.3 is 10.6 Å². The number of amides is 1. The van der Waals surface area contributed by atoms with Crippen molar-refractivity contribution < 1.29 is 4.79 Å². The van der Waals surface area contributed by atoms with Crippen LogP contribution in [0.4, 0.5) is 0 Å². The molecule has 132 valence electrons. The molecular formula is C19H26Cl2N2O. The Balaban J connectivity index is 0.00000169. The molecular weight excluding hydrogens is 343 g/mol. The molecule has 1 saturated heterocycles. The molecule has 1 aliphatic heterocycles. The van der Waals surface area contributed by atoms with Crippen LogP contribution in [0.25, 0.3) is 0 Å². The minimum absolute atomic E-state index is 0. The quantitative estimate of drug-likeness (QED) is 0.835. The average molecular weight is 369 g/mol. The van der Waals surface area contributed by atoms with E-state index in [9.17, 15) is 4.79 Å². The first-order valence-electron chi connectivity index (χ1n) is 8.89. The summed E-state index contributed by atoms with van der Waals surface area (Å²) < 4.78 is 0. The molecule has 0 aromatic heterocycles. The molecule has 3 fully saturated rings. The third kappa shape index (κ3) is 3.31. The molecule has 2 bridgehead atoms. The van der Waals surface area contributed by atoms with Gasteiger partial charge in [0.05, 0.1) is 5.41 Å². The molecule has 24 heavy (non-hydrogen) atoms. The second-order valence-corrected chi connectivity index (χ2v) is 8.21. The summed E-state index contributed by atoms with van der Waals surface area (Å²) in [6.07, 6.45) is 5.70. The van der Waals surface area contributed by atoms with Crippen LogP contribution in [0.3, 0.4) is 0 Å². The first-order valence-corrected chi connectivity index (χ1v) is 9.27. The second-order valence-electron chi connectivity index (χ2n) is 7.77. The molecule has 1 aromatic rings. The SMILES string of the molecule is Cl.O=C(NCC1CNC1)C1(Cc2ccc(Cl)cc2)CC2CCC1C2. The highest BCUT2D eigenvalue weighted by Gasteiger charge is 2.55. The van der Waals surface area contributed by atoms with Crippen LogP contribution in [0.5, 0.6) is 0 Å². The largest absolute Gasteiger partial charge is 0.355 e. The fraction of sp³-hybridized carbons (Fsp3) is 0.632. The van der Waals surface area contributed by atoms with Crippen molar-refractivity contribution >= 4 is 29.9 Å². The van der Waals surface area contributed by atoms with E-state index in [1.807, 2.05) is 12.1 Å². The normalized spacial score (nSPS) is 31.4. The molecule has 1 heterocycles. The van der Waals surface area contributed by atoms with Crippen molar-refractivity contribution in [2.75, 3.05) is 19.6 Å². The summed E-state index contributed by atoms with van der Waals surface area (Å²) >= 11 is 6.01. The number of halogens is 2. The summed E-state index contributed by atoms with van der Waals surface area (Å²) in [5.74, 6) is 2.22. The van der Waals surface area contributed by atoms with Gasteiger partial charge in [-0.1, -0.05) is 30.2 Å². The molecule has 3 unspecified atom stereocenters. The monoisotopic (exact) mass is 368 g/mol. The number of rotatable bonds is 5. The van der Waals surface area contributed by atoms with E-state index < -0.39 is 0 Å². The van der Waals surface area contributed by atoms with Crippen molar-refractivity contribution in [2.24, 2.45) is 23.2 Å². The van der Waals surface area contributed by atoms with E-state index in [-0.39, 0.29) is 17.8 Å². The summed E-state index contributed by atoms with van der Waals surface area (Å²) in [6, 6.07) is 8.05. The van der Waals surface area contributed by atoms with Crippen LogP contribution in [0.2, 0.25) is 5.02 Å². The number of hydrogen-bond acceptors (Lipinski definition) is 2. The standard InChI is InChI=1S/C19H25ClN2O.ClH/c20-17-5-2-13(3-6-17)8-19(9-14-1-4-16(19)7-14)18(23)22-12-15-10-21-11-15;/h2-3,5-6,14-16,21H,1,4,7-12H2,(H,22,23);1H. The summed E-state index contributed by atoms with van der Waals surface area (Å²) in [6.45, 7) is 2.90. The molecule has 1 aromatic carbocycles. The average Bonchev–Trinajstić information content (AvgIpc) is 3.09. The summed E-state index contributed by atoms with van der Waals surface area (Å²) in [4.78, 5) is 13.1. The molecule has 4 rings (SSSR count). The Labute approximate surface area is 155 Å². The third-order valence-electron chi connectivity index (χ3n) is 6.28. The van der Waals surface area contributed by atoms with Gasteiger partial charge in [-0.15, -0.1) is 12.4 Å². The number of nitrogens with one attached hydrogen (secondary N) is 2. The lowest BCUT2D eigenvalue weighted by Crippen LogP contribution is -2.52. The van der Waals surface area contributed by atoms with E-state index in [2.05, 4.69) is 22.8 Å². The van der Waals surface area contributed by atoms with Crippen LogP contribution in [-0.4, -0.2) is 25.5 Å². The number of carbonyl (C=O) groups is 1. The van der Waals surface area contributed by atoms with Crippen LogP contribution in [0.15, 0.2) is 24.3 Å². The van der Waals surface area contributed by atoms with Crippen molar-refractivity contribution in [1.82, 2.24) is 10.6 Å². The van der Waals surface area contributed by atoms with Crippen molar-refractivity contribution in [3.05, 3.63) is 34.9 Å². The molecule has 1 amide bonds. The fourth-order valence-electron chi connectivity index (χ4n) is 4.89. The maximum Gasteiger partial charge on any atom is 0.226 e. The van der Waals surface area contributed by atoms with Gasteiger partial charge in [0, 0.05) is 30.6 Å². The maximum atomic E-state index is 13.1. The Bertz CT molecular complexity index is 588. The highest BCUT2D eigenvalue weighted by Crippen LogP contribution is 2.57. The van der Waals surface area contributed by atoms with E-state index in [0.717, 1.165) is 43.4 Å². The van der Waals surface area contributed by atoms with Gasteiger partial charge in [0.1, 0.15) is 0 Å². The summed E-state index contributed by atoms with van der Waals surface area (Å²) in [7, 11) is 0. The van der Waals surface area contributed by atoms with Crippen LogP contribution in [0, 0.1) is 23.2 Å². The van der Waals surface area contributed by atoms with Crippen molar-refractivity contribution in [1.29, 1.82) is 0 Å². The highest BCUT2D eigenvalue weighted by molar-refractivity contribution is 6.30. The summed E-state index contributed by atoms with van der Waals surface area (Å²) in [5, 5.41) is 7.31. The maximum absolute atomic E-state index is 13.1. The minimum atomic E-state index is -0.187. The van der Waals surface area contributed by atoms with Crippen LogP contribution >= 0.6 is 24.0 Å². The minimum Gasteiger partial charge on any atom is -0.355 e. The molecule has 5 heteroatoms. The molecule has 3 nitrogen and oxygen atoms in total. The zero-order valence-electron chi connectivity index (χ0n) is 13.9. The first-order chi connectivity index (χ1) is 11.2. The van der Waals surface area contributed by atoms with Crippen molar-refractivity contribution in [2.45, 2.75) is 32.1 Å². The van der Waals surface area contributed by atoms with Gasteiger partial charge >= 0.3 is 0 Å². The van der Waals surface area contributed by atoms with Crippen LogP contribution in [0.1, 0.15) is 31.2 Å². The molecule has 2 N–H and O–H groups in total. The zero-order chi connectivity index (χ0) is 15.9. The van der Waals surface area contributed by atoms with E-state index in [4.69, 9.17) is 11.6 Å². The highest BCUT2D eigenvalue weighted by atomic mass is 35.5. The van der Waals surface area contributed by atoms with Gasteiger partial charge in [0.15, 0.2) is 0 Å². The van der Waals surface area contributed by atoms with Crippen LogP contribution in [-0.2, 0) is 11.2 Å². The predicted molar refractivity (Wildman–Crippen MR) is 99.7 cm³/mol. The van der Waals surface area contributed by atoms with Gasteiger partial charge in [0.2, 0.25) is 5.91 Å². The Hall–Kier alpha value is -0.770. The lowest BCUT2D eigenvalue weighted by molar-refractivity contribution is -0.134. The van der Waals surface area contributed by atoms with Gasteiger partial charge in [-0.05, 0) is 55.2 Å². The van der Waals surface area contributed by atoms with Gasteiger partial charge in [-0.2, -0.15) is 0 Å². The van der Waals surface area contributed by atoms with Gasteiger partial charge in [0.25, 0.3) is 0 Å². The van der Waals surface area contributed by atoms with Gasteiger partial charge in [-0.3, -0.25) is 4.79 Å². The summed E-state index contributed by atoms with van der Waals surface area (Å²) in [5.41, 5.74) is 1.05. The number of benzene rings is 1. The zero-order valence-corrected chi connectivity index (χ0v) is 15.5. The van der Waals surface area contributed by atoms with E-state index in [0.29, 0.717) is 17.7 Å². The van der Waals surface area contributed by atoms with E-state index in [1.165, 1.54) is 24.8 Å².